The number of hydrogen-bond acceptors (Lipinski definition) is 4. The second-order valence-corrected chi connectivity index (χ2v) is 5.14. The zero-order valence-corrected chi connectivity index (χ0v) is 11.5. The molecule has 4 nitrogen and oxygen atoms in total. The van der Waals surface area contributed by atoms with E-state index < -0.39 is 11.4 Å². The Balaban J connectivity index is 2.56. The summed E-state index contributed by atoms with van der Waals surface area (Å²) in [6, 6.07) is 3.65. The lowest BCUT2D eigenvalue weighted by Gasteiger charge is -2.18. The van der Waals surface area contributed by atoms with Crippen LogP contribution < -0.4 is 9.47 Å². The molecule has 1 fully saturated rings. The first-order valence-electron chi connectivity index (χ1n) is 5.63. The lowest BCUT2D eigenvalue weighted by molar-refractivity contribution is -0.140. The second kappa shape index (κ2) is 4.72. The highest BCUT2D eigenvalue weighted by Gasteiger charge is 2.53. The predicted molar refractivity (Wildman–Crippen MR) is 69.9 cm³/mol. The number of carboxylic acids is 1. The van der Waals surface area contributed by atoms with E-state index in [0.717, 1.165) is 10.5 Å². The van der Waals surface area contributed by atoms with Crippen molar-refractivity contribution in [1.29, 1.82) is 0 Å². The minimum absolute atomic E-state index is 0.581. The van der Waals surface area contributed by atoms with Crippen LogP contribution in [-0.4, -0.2) is 31.6 Å². The Morgan fingerprint density at radius 1 is 1.28 bits per heavy atom. The Kier molecular flexibility index (Phi) is 3.43. The van der Waals surface area contributed by atoms with Gasteiger partial charge in [0.25, 0.3) is 0 Å². The van der Waals surface area contributed by atoms with Gasteiger partial charge in [0.1, 0.15) is 0 Å². The number of aliphatic carboxylic acids is 1. The van der Waals surface area contributed by atoms with E-state index in [4.69, 9.17) is 9.47 Å². The molecule has 0 atom stereocenters. The summed E-state index contributed by atoms with van der Waals surface area (Å²) >= 11 is 1.53. The highest BCUT2D eigenvalue weighted by molar-refractivity contribution is 7.98. The molecule has 1 aromatic rings. The Hall–Kier alpha value is -1.36. The Morgan fingerprint density at radius 2 is 1.83 bits per heavy atom. The van der Waals surface area contributed by atoms with Crippen molar-refractivity contribution in [3.05, 3.63) is 17.7 Å². The Bertz CT molecular complexity index is 480. The van der Waals surface area contributed by atoms with Crippen molar-refractivity contribution >= 4 is 17.7 Å². The molecule has 0 heterocycles. The van der Waals surface area contributed by atoms with Gasteiger partial charge in [-0.3, -0.25) is 4.79 Å². The van der Waals surface area contributed by atoms with Crippen LogP contribution in [0.25, 0.3) is 0 Å². The van der Waals surface area contributed by atoms with Gasteiger partial charge in [-0.25, -0.2) is 0 Å². The molecule has 1 aliphatic carbocycles. The van der Waals surface area contributed by atoms with Gasteiger partial charge in [0.05, 0.1) is 19.6 Å². The minimum Gasteiger partial charge on any atom is -0.493 e. The molecule has 0 spiro atoms. The molecule has 1 aliphatic rings. The van der Waals surface area contributed by atoms with Gasteiger partial charge in [0, 0.05) is 4.90 Å². The fourth-order valence-electron chi connectivity index (χ4n) is 2.13. The largest absolute Gasteiger partial charge is 0.493 e. The Labute approximate surface area is 110 Å². The van der Waals surface area contributed by atoms with Gasteiger partial charge in [-0.15, -0.1) is 11.8 Å². The van der Waals surface area contributed by atoms with Crippen LogP contribution >= 0.6 is 11.8 Å². The molecule has 0 saturated heterocycles. The van der Waals surface area contributed by atoms with Crippen LogP contribution in [-0.2, 0) is 10.2 Å². The number of hydrogen-bond donors (Lipinski definition) is 1. The third-order valence-electron chi connectivity index (χ3n) is 3.38. The summed E-state index contributed by atoms with van der Waals surface area (Å²) in [7, 11) is 3.13. The normalized spacial score (nSPS) is 16.2. The first-order valence-corrected chi connectivity index (χ1v) is 6.85. The summed E-state index contributed by atoms with van der Waals surface area (Å²) in [6.07, 6.45) is 3.30. The zero-order chi connectivity index (χ0) is 13.3. The average molecular weight is 268 g/mol. The molecule has 0 aromatic heterocycles. The molecule has 18 heavy (non-hydrogen) atoms. The number of benzene rings is 1. The van der Waals surface area contributed by atoms with E-state index in [2.05, 4.69) is 0 Å². The van der Waals surface area contributed by atoms with Crippen molar-refractivity contribution in [2.75, 3.05) is 20.5 Å². The van der Waals surface area contributed by atoms with E-state index in [1.54, 1.807) is 20.3 Å². The number of carboxylic acid groups (broad SMARTS) is 1. The van der Waals surface area contributed by atoms with E-state index in [1.165, 1.54) is 11.8 Å². The molecule has 2 rings (SSSR count). The van der Waals surface area contributed by atoms with Gasteiger partial charge in [-0.05, 0) is 36.8 Å². The van der Waals surface area contributed by atoms with E-state index in [0.29, 0.717) is 24.3 Å². The van der Waals surface area contributed by atoms with E-state index in [-0.39, 0.29) is 0 Å². The van der Waals surface area contributed by atoms with Crippen molar-refractivity contribution in [1.82, 2.24) is 0 Å². The topological polar surface area (TPSA) is 55.8 Å². The Morgan fingerprint density at radius 3 is 2.22 bits per heavy atom. The van der Waals surface area contributed by atoms with Gasteiger partial charge in [0.15, 0.2) is 11.5 Å². The zero-order valence-electron chi connectivity index (χ0n) is 10.6. The van der Waals surface area contributed by atoms with Crippen LogP contribution in [0.1, 0.15) is 18.4 Å². The maximum atomic E-state index is 11.4. The number of carbonyl (C=O) groups is 1. The standard InChI is InChI=1S/C13H16O4S/c1-16-9-6-8(13(4-5-13)12(14)15)11(18-3)7-10(9)17-2/h6-7H,4-5H2,1-3H3,(H,14,15). The van der Waals surface area contributed by atoms with Crippen molar-refractivity contribution in [2.45, 2.75) is 23.2 Å². The van der Waals surface area contributed by atoms with E-state index >= 15 is 0 Å². The molecule has 0 bridgehead atoms. The molecule has 0 aliphatic heterocycles. The van der Waals surface area contributed by atoms with Crippen molar-refractivity contribution in [3.63, 3.8) is 0 Å². The second-order valence-electron chi connectivity index (χ2n) is 4.29. The SMILES string of the molecule is COc1cc(SC)c(C2(C(=O)O)CC2)cc1OC. The molecule has 0 radical (unpaired) electrons. The number of rotatable bonds is 5. The molecule has 1 aromatic carbocycles. The number of methoxy groups -OCH3 is 2. The van der Waals surface area contributed by atoms with Crippen LogP contribution in [0, 0.1) is 0 Å². The summed E-state index contributed by atoms with van der Waals surface area (Å²) in [5, 5.41) is 9.39. The van der Waals surface area contributed by atoms with Gasteiger partial charge in [-0.1, -0.05) is 0 Å². The maximum absolute atomic E-state index is 11.4. The number of ether oxygens (including phenoxy) is 2. The smallest absolute Gasteiger partial charge is 0.314 e. The van der Waals surface area contributed by atoms with Crippen molar-refractivity contribution in [3.8, 4) is 11.5 Å². The quantitative estimate of drug-likeness (QED) is 0.832. The molecular weight excluding hydrogens is 252 g/mol. The molecule has 1 N–H and O–H groups in total. The first-order chi connectivity index (χ1) is 8.58. The molecular formula is C13H16O4S. The third kappa shape index (κ3) is 1.92. The van der Waals surface area contributed by atoms with E-state index in [1.807, 2.05) is 12.3 Å². The van der Waals surface area contributed by atoms with Gasteiger partial charge >= 0.3 is 5.97 Å². The molecule has 5 heteroatoms. The number of thioether (sulfide) groups is 1. The van der Waals surface area contributed by atoms with E-state index in [9.17, 15) is 9.90 Å². The minimum atomic E-state index is -0.759. The lowest BCUT2D eigenvalue weighted by Crippen LogP contribution is -2.20. The fourth-order valence-corrected chi connectivity index (χ4v) is 2.83. The van der Waals surface area contributed by atoms with Crippen molar-refractivity contribution < 1.29 is 19.4 Å². The highest BCUT2D eigenvalue weighted by Crippen LogP contribution is 2.53. The molecule has 0 amide bonds. The van der Waals surface area contributed by atoms with Crippen LogP contribution in [0.2, 0.25) is 0 Å². The summed E-state index contributed by atoms with van der Waals surface area (Å²) < 4.78 is 10.5. The highest BCUT2D eigenvalue weighted by atomic mass is 32.2. The third-order valence-corrected chi connectivity index (χ3v) is 4.16. The van der Waals surface area contributed by atoms with Crippen LogP contribution in [0.15, 0.2) is 17.0 Å². The van der Waals surface area contributed by atoms with Crippen LogP contribution in [0.4, 0.5) is 0 Å². The lowest BCUT2D eigenvalue weighted by atomic mass is 9.95. The van der Waals surface area contributed by atoms with Gasteiger partial charge < -0.3 is 14.6 Å². The summed E-state index contributed by atoms with van der Waals surface area (Å²) in [4.78, 5) is 12.4. The average Bonchev–Trinajstić information content (AvgIpc) is 3.18. The summed E-state index contributed by atoms with van der Waals surface area (Å²) in [5.74, 6) is 0.453. The maximum Gasteiger partial charge on any atom is 0.314 e. The van der Waals surface area contributed by atoms with Crippen LogP contribution in [0.5, 0.6) is 11.5 Å². The molecule has 98 valence electrons. The van der Waals surface area contributed by atoms with Gasteiger partial charge in [-0.2, -0.15) is 0 Å². The summed E-state index contributed by atoms with van der Waals surface area (Å²) in [5.41, 5.74) is 0.109. The monoisotopic (exact) mass is 268 g/mol. The molecule has 1 saturated carbocycles. The predicted octanol–water partition coefficient (Wildman–Crippen LogP) is 2.54. The van der Waals surface area contributed by atoms with Crippen LogP contribution in [0.3, 0.4) is 0 Å². The van der Waals surface area contributed by atoms with Crippen molar-refractivity contribution in [2.24, 2.45) is 0 Å². The van der Waals surface area contributed by atoms with Gasteiger partial charge in [0.2, 0.25) is 0 Å². The fraction of sp³-hybridized carbons (Fsp3) is 0.462. The first kappa shape index (κ1) is 13.1. The molecule has 0 unspecified atom stereocenters. The summed E-state index contributed by atoms with van der Waals surface area (Å²) in [6.45, 7) is 0.